The van der Waals surface area contributed by atoms with Gasteiger partial charge in [0.25, 0.3) is 0 Å². The molecule has 0 bridgehead atoms. The molecule has 1 aromatic heterocycles. The second-order valence-electron chi connectivity index (χ2n) is 5.80. The molecule has 2 heterocycles. The quantitative estimate of drug-likeness (QED) is 0.809. The number of nitrogens with one attached hydrogen (secondary N) is 1. The Hall–Kier alpha value is -1.40. The maximum absolute atomic E-state index is 12.3. The first-order valence-corrected chi connectivity index (χ1v) is 9.20. The first-order valence-electron chi connectivity index (χ1n) is 8.38. The average Bonchev–Trinajstić information content (AvgIpc) is 2.83. The van der Waals surface area contributed by atoms with Crippen molar-refractivity contribution in [2.75, 3.05) is 31.6 Å². The van der Waals surface area contributed by atoms with Crippen molar-refractivity contribution in [3.05, 3.63) is 16.0 Å². The van der Waals surface area contributed by atoms with Crippen LogP contribution in [0.1, 0.15) is 53.9 Å². The van der Waals surface area contributed by atoms with E-state index in [2.05, 4.69) is 10.2 Å². The average molecular weight is 338 g/mol. The number of aryl methyl sites for hydroxylation is 1. The molecule has 0 saturated carbocycles. The molecule has 1 fully saturated rings. The van der Waals surface area contributed by atoms with Gasteiger partial charge in [0.2, 0.25) is 5.91 Å². The Morgan fingerprint density at radius 3 is 2.52 bits per heavy atom. The Labute approximate surface area is 142 Å². The van der Waals surface area contributed by atoms with E-state index >= 15 is 0 Å². The van der Waals surface area contributed by atoms with Crippen molar-refractivity contribution in [2.24, 2.45) is 0 Å². The Bertz CT molecular complexity index is 562. The molecule has 1 aliphatic heterocycles. The number of hydrogen-bond acceptors (Lipinski definition) is 5. The number of nitrogens with zero attached hydrogens (tertiary/aromatic N) is 1. The van der Waals surface area contributed by atoms with Gasteiger partial charge in [-0.05, 0) is 51.8 Å². The van der Waals surface area contributed by atoms with Crippen LogP contribution in [0.2, 0.25) is 0 Å². The van der Waals surface area contributed by atoms with Gasteiger partial charge < -0.3 is 10.1 Å². The topological polar surface area (TPSA) is 58.6 Å². The summed E-state index contributed by atoms with van der Waals surface area (Å²) in [5, 5.41) is 3.55. The van der Waals surface area contributed by atoms with Crippen LogP contribution in [0, 0.1) is 6.92 Å². The molecule has 0 atom stereocenters. The highest BCUT2D eigenvalue weighted by Gasteiger charge is 2.24. The van der Waals surface area contributed by atoms with E-state index < -0.39 is 0 Å². The lowest BCUT2D eigenvalue weighted by molar-refractivity contribution is -0.117. The first-order chi connectivity index (χ1) is 11.1. The highest BCUT2D eigenvalue weighted by molar-refractivity contribution is 7.16. The molecule has 1 aromatic rings. The van der Waals surface area contributed by atoms with Gasteiger partial charge >= 0.3 is 5.97 Å². The molecule has 0 aliphatic carbocycles. The van der Waals surface area contributed by atoms with Crippen LogP contribution >= 0.6 is 11.3 Å². The molecular weight excluding hydrogens is 312 g/mol. The van der Waals surface area contributed by atoms with Crippen molar-refractivity contribution in [3.8, 4) is 0 Å². The Morgan fingerprint density at radius 2 is 1.91 bits per heavy atom. The molecule has 2 rings (SSSR count). The minimum atomic E-state index is -0.345. The molecule has 0 aromatic carbocycles. The molecule has 1 amide bonds. The van der Waals surface area contributed by atoms with Gasteiger partial charge in [0.15, 0.2) is 0 Å². The van der Waals surface area contributed by atoms with E-state index in [1.165, 1.54) is 17.8 Å². The lowest BCUT2D eigenvalue weighted by atomic mass is 10.1. The van der Waals surface area contributed by atoms with Crippen LogP contribution in [-0.4, -0.2) is 43.0 Å². The fraction of sp³-hybridized carbons (Fsp3) is 0.647. The third-order valence-corrected chi connectivity index (χ3v) is 5.17. The first kappa shape index (κ1) is 17.9. The molecule has 1 aliphatic rings. The number of thiophene rings is 1. The van der Waals surface area contributed by atoms with E-state index in [-0.39, 0.29) is 11.9 Å². The second-order valence-corrected chi connectivity index (χ2v) is 7.02. The minimum Gasteiger partial charge on any atom is -0.462 e. The number of carbonyl (C=O) groups excluding carboxylic acids is 2. The summed E-state index contributed by atoms with van der Waals surface area (Å²) in [5.74, 6) is -0.400. The monoisotopic (exact) mass is 338 g/mol. The van der Waals surface area contributed by atoms with Crippen LogP contribution in [0.4, 0.5) is 5.00 Å². The fourth-order valence-electron chi connectivity index (χ4n) is 3.00. The maximum atomic E-state index is 12.3. The molecule has 0 unspecified atom stereocenters. The van der Waals surface area contributed by atoms with Gasteiger partial charge in [-0.1, -0.05) is 13.3 Å². The summed E-state index contributed by atoms with van der Waals surface area (Å²) >= 11 is 1.46. The number of likely N-dealkylation sites (tertiary alicyclic amines) is 1. The van der Waals surface area contributed by atoms with Crippen molar-refractivity contribution >= 4 is 28.2 Å². The summed E-state index contributed by atoms with van der Waals surface area (Å²) in [6.07, 6.45) is 4.30. The van der Waals surface area contributed by atoms with Crippen molar-refractivity contribution in [1.82, 2.24) is 4.90 Å². The zero-order valence-electron chi connectivity index (χ0n) is 14.2. The van der Waals surface area contributed by atoms with E-state index in [0.29, 0.717) is 23.7 Å². The molecule has 23 heavy (non-hydrogen) atoms. The third kappa shape index (κ3) is 4.54. The number of hydrogen-bond donors (Lipinski definition) is 1. The second kappa shape index (κ2) is 8.45. The molecule has 5 nitrogen and oxygen atoms in total. The van der Waals surface area contributed by atoms with Gasteiger partial charge in [0.05, 0.1) is 18.7 Å². The van der Waals surface area contributed by atoms with Gasteiger partial charge in [-0.25, -0.2) is 4.79 Å². The largest absolute Gasteiger partial charge is 0.462 e. The van der Waals surface area contributed by atoms with Crippen molar-refractivity contribution in [1.29, 1.82) is 0 Å². The molecule has 0 radical (unpaired) electrons. The van der Waals surface area contributed by atoms with Crippen LogP contribution in [-0.2, 0) is 16.0 Å². The van der Waals surface area contributed by atoms with Crippen molar-refractivity contribution in [2.45, 2.75) is 46.5 Å². The Balaban J connectivity index is 2.11. The van der Waals surface area contributed by atoms with Crippen LogP contribution in [0.5, 0.6) is 0 Å². The van der Waals surface area contributed by atoms with Gasteiger partial charge in [-0.15, -0.1) is 11.3 Å². The van der Waals surface area contributed by atoms with Crippen molar-refractivity contribution < 1.29 is 14.3 Å². The zero-order chi connectivity index (χ0) is 16.8. The predicted octanol–water partition coefficient (Wildman–Crippen LogP) is 3.22. The van der Waals surface area contributed by atoms with Crippen LogP contribution in [0.3, 0.4) is 0 Å². The molecule has 128 valence electrons. The van der Waals surface area contributed by atoms with Gasteiger partial charge in [0, 0.05) is 4.88 Å². The maximum Gasteiger partial charge on any atom is 0.341 e. The smallest absolute Gasteiger partial charge is 0.341 e. The number of amides is 1. The normalized spacial score (nSPS) is 15.4. The van der Waals surface area contributed by atoms with Crippen molar-refractivity contribution in [3.63, 3.8) is 0 Å². The number of carbonyl (C=O) groups is 2. The molecule has 1 saturated heterocycles. The van der Waals surface area contributed by atoms with E-state index in [4.69, 9.17) is 4.74 Å². The third-order valence-electron chi connectivity index (χ3n) is 4.11. The van der Waals surface area contributed by atoms with Crippen LogP contribution < -0.4 is 5.32 Å². The van der Waals surface area contributed by atoms with E-state index in [1.54, 1.807) is 6.92 Å². The molecular formula is C17H26N2O3S. The molecule has 0 spiro atoms. The summed E-state index contributed by atoms with van der Waals surface area (Å²) in [4.78, 5) is 27.8. The Kier molecular flexibility index (Phi) is 6.59. The lowest BCUT2D eigenvalue weighted by Crippen LogP contribution is -2.36. The lowest BCUT2D eigenvalue weighted by Gasteiger charge is -2.25. The summed E-state index contributed by atoms with van der Waals surface area (Å²) in [7, 11) is 0. The van der Waals surface area contributed by atoms with Crippen LogP contribution in [0.15, 0.2) is 0 Å². The minimum absolute atomic E-state index is 0.0543. The SMILES string of the molecule is CCOC(=O)c1c(NC(=O)CN2CCCCC2)sc(C)c1CC. The highest BCUT2D eigenvalue weighted by Crippen LogP contribution is 2.34. The molecule has 6 heteroatoms. The summed E-state index contributed by atoms with van der Waals surface area (Å²) in [5.41, 5.74) is 1.51. The molecule has 1 N–H and O–H groups in total. The van der Waals surface area contributed by atoms with E-state index in [9.17, 15) is 9.59 Å². The Morgan fingerprint density at radius 1 is 1.22 bits per heavy atom. The number of ether oxygens (including phenoxy) is 1. The number of anilines is 1. The zero-order valence-corrected chi connectivity index (χ0v) is 15.1. The van der Waals surface area contributed by atoms with E-state index in [0.717, 1.165) is 42.8 Å². The van der Waals surface area contributed by atoms with Crippen LogP contribution in [0.25, 0.3) is 0 Å². The highest BCUT2D eigenvalue weighted by atomic mass is 32.1. The predicted molar refractivity (Wildman–Crippen MR) is 93.3 cm³/mol. The summed E-state index contributed by atoms with van der Waals surface area (Å²) < 4.78 is 5.16. The van der Waals surface area contributed by atoms with Gasteiger partial charge in [-0.2, -0.15) is 0 Å². The number of piperidine rings is 1. The van der Waals surface area contributed by atoms with E-state index in [1.807, 2.05) is 13.8 Å². The summed E-state index contributed by atoms with van der Waals surface area (Å²) in [6.45, 7) is 8.45. The number of esters is 1. The van der Waals surface area contributed by atoms with Gasteiger partial charge in [0.1, 0.15) is 5.00 Å². The van der Waals surface area contributed by atoms with Gasteiger partial charge in [-0.3, -0.25) is 9.69 Å². The number of rotatable bonds is 6. The fourth-order valence-corrected chi connectivity index (χ4v) is 4.15. The standard InChI is InChI=1S/C17H26N2O3S/c1-4-13-12(3)23-16(15(13)17(21)22-5-2)18-14(20)11-19-9-7-6-8-10-19/h4-11H2,1-3H3,(H,18,20). The summed E-state index contributed by atoms with van der Waals surface area (Å²) in [6, 6.07) is 0.